The molecular weight excluding hydrogens is 257 g/mol. The Hall–Kier alpha value is -2.43. The molecular formula is C15H16FN3O. The van der Waals surface area contributed by atoms with Crippen molar-refractivity contribution in [2.45, 2.75) is 13.0 Å². The zero-order chi connectivity index (χ0) is 14.5. The zero-order valence-electron chi connectivity index (χ0n) is 11.4. The Morgan fingerprint density at radius 1 is 1.30 bits per heavy atom. The Morgan fingerprint density at radius 2 is 2.00 bits per heavy atom. The molecule has 1 aromatic carbocycles. The smallest absolute Gasteiger partial charge is 0.321 e. The molecule has 1 atom stereocenters. The number of hydrogen-bond acceptors (Lipinski definition) is 2. The van der Waals surface area contributed by atoms with E-state index in [1.807, 2.05) is 6.92 Å². The second-order valence-corrected chi connectivity index (χ2v) is 4.51. The van der Waals surface area contributed by atoms with Crippen molar-refractivity contribution in [3.8, 4) is 0 Å². The molecule has 0 aliphatic rings. The highest BCUT2D eigenvalue weighted by Crippen LogP contribution is 2.19. The molecule has 1 unspecified atom stereocenters. The second kappa shape index (κ2) is 6.14. The summed E-state index contributed by atoms with van der Waals surface area (Å²) < 4.78 is 12.9. The summed E-state index contributed by atoms with van der Waals surface area (Å²) in [6, 6.07) is 9.24. The lowest BCUT2D eigenvalue weighted by Crippen LogP contribution is -2.33. The second-order valence-electron chi connectivity index (χ2n) is 4.51. The molecule has 0 aliphatic carbocycles. The fourth-order valence-corrected chi connectivity index (χ4v) is 1.79. The first-order valence-electron chi connectivity index (χ1n) is 6.27. The van der Waals surface area contributed by atoms with E-state index in [0.29, 0.717) is 5.69 Å². The van der Waals surface area contributed by atoms with Crippen LogP contribution in [0.25, 0.3) is 0 Å². The highest BCUT2D eigenvalue weighted by molar-refractivity contribution is 5.89. The van der Waals surface area contributed by atoms with Gasteiger partial charge in [-0.05, 0) is 36.8 Å². The maximum atomic E-state index is 12.9. The van der Waals surface area contributed by atoms with Gasteiger partial charge in [-0.15, -0.1) is 0 Å². The molecule has 0 bridgehead atoms. The molecule has 0 saturated heterocycles. The molecule has 4 nitrogen and oxygen atoms in total. The Balaban J connectivity index is 2.04. The first kappa shape index (κ1) is 14.0. The van der Waals surface area contributed by atoms with Crippen molar-refractivity contribution in [3.05, 3.63) is 60.2 Å². The fourth-order valence-electron chi connectivity index (χ4n) is 1.79. The molecule has 1 N–H and O–H groups in total. The number of anilines is 1. The molecule has 2 rings (SSSR count). The third kappa shape index (κ3) is 3.32. The molecule has 1 aromatic heterocycles. The molecule has 0 aliphatic heterocycles. The Morgan fingerprint density at radius 3 is 2.60 bits per heavy atom. The number of benzene rings is 1. The number of halogens is 1. The van der Waals surface area contributed by atoms with Crippen LogP contribution in [0.1, 0.15) is 18.5 Å². The number of nitrogens with zero attached hydrogens (tertiary/aromatic N) is 2. The van der Waals surface area contributed by atoms with E-state index in [2.05, 4.69) is 10.3 Å². The maximum absolute atomic E-state index is 12.9. The summed E-state index contributed by atoms with van der Waals surface area (Å²) in [6.07, 6.45) is 3.22. The minimum absolute atomic E-state index is 0.160. The first-order valence-corrected chi connectivity index (χ1v) is 6.27. The van der Waals surface area contributed by atoms with Gasteiger partial charge >= 0.3 is 6.03 Å². The largest absolute Gasteiger partial charge is 0.322 e. The van der Waals surface area contributed by atoms with Gasteiger partial charge in [0.25, 0.3) is 0 Å². The molecule has 0 spiro atoms. The van der Waals surface area contributed by atoms with Crippen LogP contribution in [0.2, 0.25) is 0 Å². The van der Waals surface area contributed by atoms with Crippen LogP contribution in [0, 0.1) is 5.82 Å². The van der Waals surface area contributed by atoms with Gasteiger partial charge in [-0.2, -0.15) is 0 Å². The van der Waals surface area contributed by atoms with Crippen molar-refractivity contribution < 1.29 is 9.18 Å². The van der Waals surface area contributed by atoms with Gasteiger partial charge in [-0.25, -0.2) is 9.18 Å². The molecule has 0 fully saturated rings. The summed E-state index contributed by atoms with van der Waals surface area (Å²) in [5.41, 5.74) is 1.51. The molecule has 20 heavy (non-hydrogen) atoms. The van der Waals surface area contributed by atoms with E-state index in [-0.39, 0.29) is 17.9 Å². The third-order valence-electron chi connectivity index (χ3n) is 3.17. The average molecular weight is 273 g/mol. The molecule has 1 heterocycles. The molecule has 0 radical (unpaired) electrons. The number of nitrogens with one attached hydrogen (secondary N) is 1. The van der Waals surface area contributed by atoms with Gasteiger partial charge in [0.05, 0.1) is 17.9 Å². The predicted octanol–water partition coefficient (Wildman–Crippen LogP) is 3.45. The zero-order valence-corrected chi connectivity index (χ0v) is 11.4. The summed E-state index contributed by atoms with van der Waals surface area (Å²) >= 11 is 0. The Labute approximate surface area is 117 Å². The van der Waals surface area contributed by atoms with E-state index in [1.54, 1.807) is 48.6 Å². The summed E-state index contributed by atoms with van der Waals surface area (Å²) in [6.45, 7) is 1.88. The van der Waals surface area contributed by atoms with Gasteiger partial charge in [-0.1, -0.05) is 12.1 Å². The van der Waals surface area contributed by atoms with E-state index in [9.17, 15) is 9.18 Å². The van der Waals surface area contributed by atoms with Crippen LogP contribution in [-0.2, 0) is 0 Å². The number of pyridine rings is 1. The van der Waals surface area contributed by atoms with Gasteiger partial charge in [0.2, 0.25) is 0 Å². The van der Waals surface area contributed by atoms with E-state index in [4.69, 9.17) is 0 Å². The lowest BCUT2D eigenvalue weighted by Gasteiger charge is -2.25. The Bertz CT molecular complexity index is 571. The summed E-state index contributed by atoms with van der Waals surface area (Å²) in [7, 11) is 1.69. The number of aromatic nitrogens is 1. The molecule has 2 aromatic rings. The van der Waals surface area contributed by atoms with Crippen molar-refractivity contribution in [1.29, 1.82) is 0 Å². The average Bonchev–Trinajstić information content (AvgIpc) is 2.47. The van der Waals surface area contributed by atoms with Crippen molar-refractivity contribution in [3.63, 3.8) is 0 Å². The maximum Gasteiger partial charge on any atom is 0.322 e. The van der Waals surface area contributed by atoms with Crippen LogP contribution in [0.4, 0.5) is 14.9 Å². The SMILES string of the molecule is CC(c1ccc(F)cc1)N(C)C(=O)Nc1cccnc1. The van der Waals surface area contributed by atoms with Crippen molar-refractivity contribution in [2.75, 3.05) is 12.4 Å². The van der Waals surface area contributed by atoms with Crippen molar-refractivity contribution >= 4 is 11.7 Å². The molecule has 2 amide bonds. The topological polar surface area (TPSA) is 45.2 Å². The van der Waals surface area contributed by atoms with E-state index >= 15 is 0 Å². The fraction of sp³-hybridized carbons (Fsp3) is 0.200. The molecule has 5 heteroatoms. The lowest BCUT2D eigenvalue weighted by molar-refractivity contribution is 0.208. The van der Waals surface area contributed by atoms with Crippen molar-refractivity contribution in [1.82, 2.24) is 9.88 Å². The highest BCUT2D eigenvalue weighted by Gasteiger charge is 2.17. The van der Waals surface area contributed by atoms with E-state index in [0.717, 1.165) is 5.56 Å². The number of carbonyl (C=O) groups is 1. The third-order valence-corrected chi connectivity index (χ3v) is 3.17. The van der Waals surface area contributed by atoms with Crippen LogP contribution in [0.15, 0.2) is 48.8 Å². The quantitative estimate of drug-likeness (QED) is 0.931. The number of amides is 2. The predicted molar refractivity (Wildman–Crippen MR) is 75.8 cm³/mol. The van der Waals surface area contributed by atoms with Crippen LogP contribution < -0.4 is 5.32 Å². The lowest BCUT2D eigenvalue weighted by atomic mass is 10.1. The van der Waals surface area contributed by atoms with Crippen LogP contribution in [-0.4, -0.2) is 23.0 Å². The first-order chi connectivity index (χ1) is 9.58. The summed E-state index contributed by atoms with van der Waals surface area (Å²) in [5.74, 6) is -0.289. The monoisotopic (exact) mass is 273 g/mol. The van der Waals surface area contributed by atoms with E-state index in [1.165, 1.54) is 12.1 Å². The number of rotatable bonds is 3. The van der Waals surface area contributed by atoms with Gasteiger partial charge in [-0.3, -0.25) is 4.98 Å². The minimum atomic E-state index is -0.289. The number of carbonyl (C=O) groups excluding carboxylic acids is 1. The van der Waals surface area contributed by atoms with Gasteiger partial charge < -0.3 is 10.2 Å². The molecule has 104 valence electrons. The van der Waals surface area contributed by atoms with Crippen LogP contribution >= 0.6 is 0 Å². The van der Waals surface area contributed by atoms with Crippen LogP contribution in [0.5, 0.6) is 0 Å². The van der Waals surface area contributed by atoms with Gasteiger partial charge in [0.1, 0.15) is 5.82 Å². The molecule has 0 saturated carbocycles. The van der Waals surface area contributed by atoms with Crippen molar-refractivity contribution in [2.24, 2.45) is 0 Å². The Kier molecular flexibility index (Phi) is 4.30. The minimum Gasteiger partial charge on any atom is -0.321 e. The normalized spacial score (nSPS) is 11.8. The highest BCUT2D eigenvalue weighted by atomic mass is 19.1. The number of hydrogen-bond donors (Lipinski definition) is 1. The van der Waals surface area contributed by atoms with Gasteiger partial charge in [0, 0.05) is 13.2 Å². The standard InChI is InChI=1S/C15H16FN3O/c1-11(12-5-7-13(16)8-6-12)19(2)15(20)18-14-4-3-9-17-10-14/h3-11H,1-2H3,(H,18,20). The summed E-state index contributed by atoms with van der Waals surface area (Å²) in [5, 5.41) is 2.75. The van der Waals surface area contributed by atoms with E-state index < -0.39 is 0 Å². The van der Waals surface area contributed by atoms with Crippen LogP contribution in [0.3, 0.4) is 0 Å². The number of urea groups is 1. The summed E-state index contributed by atoms with van der Waals surface area (Å²) in [4.78, 5) is 17.6. The van der Waals surface area contributed by atoms with Gasteiger partial charge in [0.15, 0.2) is 0 Å².